The van der Waals surface area contributed by atoms with Crippen LogP contribution in [0.25, 0.3) is 0 Å². The molecule has 0 bridgehead atoms. The van der Waals surface area contributed by atoms with Crippen molar-refractivity contribution in [1.29, 1.82) is 0 Å². The molecule has 1 saturated heterocycles. The summed E-state index contributed by atoms with van der Waals surface area (Å²) in [6.07, 6.45) is 0.637. The summed E-state index contributed by atoms with van der Waals surface area (Å²) < 4.78 is 39.0. The Kier molecular flexibility index (Phi) is 5.12. The van der Waals surface area contributed by atoms with Gasteiger partial charge >= 0.3 is 0 Å². The van der Waals surface area contributed by atoms with Gasteiger partial charge in [-0.1, -0.05) is 25.1 Å². The third-order valence-electron chi connectivity index (χ3n) is 3.54. The lowest BCUT2D eigenvalue weighted by Crippen LogP contribution is -2.48. The van der Waals surface area contributed by atoms with Crippen LogP contribution in [-0.2, 0) is 16.6 Å². The highest BCUT2D eigenvalue weighted by Gasteiger charge is 2.26. The lowest BCUT2D eigenvalue weighted by molar-refractivity contribution is 0.180. The second-order valence-corrected chi connectivity index (χ2v) is 7.17. The number of hydrogen-bond acceptors (Lipinski definition) is 3. The Labute approximate surface area is 120 Å². The number of piperazine rings is 1. The number of benzene rings is 1. The van der Waals surface area contributed by atoms with Gasteiger partial charge in [-0.2, -0.15) is 4.31 Å². The Hall–Kier alpha value is -0.980. The zero-order valence-electron chi connectivity index (χ0n) is 11.8. The summed E-state index contributed by atoms with van der Waals surface area (Å²) in [4.78, 5) is 2.09. The minimum Gasteiger partial charge on any atom is -0.296 e. The van der Waals surface area contributed by atoms with Crippen molar-refractivity contribution in [1.82, 2.24) is 9.21 Å². The predicted molar refractivity (Wildman–Crippen MR) is 77.3 cm³/mol. The Morgan fingerprint density at radius 1 is 1.15 bits per heavy atom. The largest absolute Gasteiger partial charge is 0.296 e. The molecule has 112 valence electrons. The molecule has 1 aliphatic rings. The predicted octanol–water partition coefficient (Wildman–Crippen LogP) is 1.68. The SMILES string of the molecule is CCCS(=O)(=O)N1CCN(Cc2ccccc2F)CC1. The van der Waals surface area contributed by atoms with Gasteiger partial charge in [0, 0.05) is 38.3 Å². The summed E-state index contributed by atoms with van der Waals surface area (Å²) in [5.74, 6) is 0.00821. The van der Waals surface area contributed by atoms with Crippen LogP contribution >= 0.6 is 0 Å². The van der Waals surface area contributed by atoms with Gasteiger partial charge in [0.1, 0.15) is 5.82 Å². The van der Waals surface area contributed by atoms with Crippen LogP contribution in [-0.4, -0.2) is 49.6 Å². The van der Waals surface area contributed by atoms with Crippen LogP contribution in [0.4, 0.5) is 4.39 Å². The highest BCUT2D eigenvalue weighted by atomic mass is 32.2. The van der Waals surface area contributed by atoms with Gasteiger partial charge in [-0.15, -0.1) is 0 Å². The fraction of sp³-hybridized carbons (Fsp3) is 0.571. The van der Waals surface area contributed by atoms with E-state index in [-0.39, 0.29) is 11.6 Å². The van der Waals surface area contributed by atoms with E-state index in [9.17, 15) is 12.8 Å². The molecule has 1 heterocycles. The second kappa shape index (κ2) is 6.65. The number of hydrogen-bond donors (Lipinski definition) is 0. The molecule has 0 amide bonds. The summed E-state index contributed by atoms with van der Waals surface area (Å²) in [6.45, 7) is 4.70. The van der Waals surface area contributed by atoms with E-state index in [0.717, 1.165) is 0 Å². The zero-order valence-corrected chi connectivity index (χ0v) is 12.6. The van der Waals surface area contributed by atoms with E-state index in [0.29, 0.717) is 44.7 Å². The first-order valence-corrected chi connectivity index (χ1v) is 8.57. The maximum atomic E-state index is 13.6. The molecule has 1 fully saturated rings. The van der Waals surface area contributed by atoms with E-state index in [2.05, 4.69) is 4.90 Å². The lowest BCUT2D eigenvalue weighted by atomic mass is 10.2. The average molecular weight is 300 g/mol. The fourth-order valence-electron chi connectivity index (χ4n) is 2.42. The van der Waals surface area contributed by atoms with Crippen molar-refractivity contribution >= 4 is 10.0 Å². The normalized spacial score (nSPS) is 18.3. The molecular formula is C14H21FN2O2S. The van der Waals surface area contributed by atoms with Crippen LogP contribution in [0, 0.1) is 5.82 Å². The monoisotopic (exact) mass is 300 g/mol. The number of rotatable bonds is 5. The first-order valence-electron chi connectivity index (χ1n) is 6.96. The first-order chi connectivity index (χ1) is 9.53. The lowest BCUT2D eigenvalue weighted by Gasteiger charge is -2.34. The van der Waals surface area contributed by atoms with E-state index < -0.39 is 10.0 Å². The summed E-state index contributed by atoms with van der Waals surface area (Å²) in [7, 11) is -3.11. The topological polar surface area (TPSA) is 40.6 Å². The number of nitrogens with zero attached hydrogens (tertiary/aromatic N) is 2. The van der Waals surface area contributed by atoms with Crippen LogP contribution in [0.1, 0.15) is 18.9 Å². The van der Waals surface area contributed by atoms with Crippen molar-refractivity contribution in [2.75, 3.05) is 31.9 Å². The Morgan fingerprint density at radius 2 is 1.80 bits per heavy atom. The Morgan fingerprint density at radius 3 is 2.40 bits per heavy atom. The average Bonchev–Trinajstić information content (AvgIpc) is 2.42. The Balaban J connectivity index is 1.91. The molecule has 20 heavy (non-hydrogen) atoms. The van der Waals surface area contributed by atoms with Crippen LogP contribution in [0.2, 0.25) is 0 Å². The molecule has 0 N–H and O–H groups in total. The molecule has 0 unspecified atom stereocenters. The summed E-state index contributed by atoms with van der Waals surface area (Å²) in [5, 5.41) is 0. The smallest absolute Gasteiger partial charge is 0.214 e. The molecular weight excluding hydrogens is 279 g/mol. The molecule has 1 aromatic rings. The van der Waals surface area contributed by atoms with Crippen LogP contribution in [0.15, 0.2) is 24.3 Å². The standard InChI is InChI=1S/C14H21FN2O2S/c1-2-11-20(18,19)17-9-7-16(8-10-17)12-13-5-3-4-6-14(13)15/h3-6H,2,7-12H2,1H3. The van der Waals surface area contributed by atoms with Gasteiger partial charge in [0.2, 0.25) is 10.0 Å². The third kappa shape index (κ3) is 3.77. The highest BCUT2D eigenvalue weighted by molar-refractivity contribution is 7.89. The molecule has 0 atom stereocenters. The van der Waals surface area contributed by atoms with Gasteiger partial charge in [-0.25, -0.2) is 12.8 Å². The van der Waals surface area contributed by atoms with Gasteiger partial charge in [0.25, 0.3) is 0 Å². The highest BCUT2D eigenvalue weighted by Crippen LogP contribution is 2.14. The molecule has 0 aliphatic carbocycles. The number of sulfonamides is 1. The molecule has 1 aromatic carbocycles. The number of halogens is 1. The summed E-state index contributed by atoms with van der Waals surface area (Å²) in [6, 6.07) is 6.72. The molecule has 2 rings (SSSR count). The van der Waals surface area contributed by atoms with Gasteiger partial charge in [0.05, 0.1) is 5.75 Å². The van der Waals surface area contributed by atoms with Gasteiger partial charge in [-0.3, -0.25) is 4.90 Å². The van der Waals surface area contributed by atoms with E-state index >= 15 is 0 Å². The minimum atomic E-state index is -3.11. The molecule has 0 spiro atoms. The van der Waals surface area contributed by atoms with E-state index in [1.54, 1.807) is 16.4 Å². The van der Waals surface area contributed by atoms with E-state index in [1.165, 1.54) is 6.07 Å². The van der Waals surface area contributed by atoms with Gasteiger partial charge in [-0.05, 0) is 12.5 Å². The van der Waals surface area contributed by atoms with Crippen LogP contribution in [0.5, 0.6) is 0 Å². The molecule has 0 saturated carbocycles. The third-order valence-corrected chi connectivity index (χ3v) is 5.61. The molecule has 1 aliphatic heterocycles. The van der Waals surface area contributed by atoms with Crippen molar-refractivity contribution in [3.05, 3.63) is 35.6 Å². The van der Waals surface area contributed by atoms with Crippen molar-refractivity contribution < 1.29 is 12.8 Å². The first kappa shape index (κ1) is 15.4. The molecule has 0 aromatic heterocycles. The molecule has 6 heteroatoms. The van der Waals surface area contributed by atoms with Crippen molar-refractivity contribution in [3.63, 3.8) is 0 Å². The molecule has 4 nitrogen and oxygen atoms in total. The van der Waals surface area contributed by atoms with Crippen molar-refractivity contribution in [3.8, 4) is 0 Å². The maximum absolute atomic E-state index is 13.6. The molecule has 0 radical (unpaired) electrons. The summed E-state index contributed by atoms with van der Waals surface area (Å²) in [5.41, 5.74) is 0.664. The zero-order chi connectivity index (χ0) is 14.6. The second-order valence-electron chi connectivity index (χ2n) is 5.08. The quantitative estimate of drug-likeness (QED) is 0.831. The maximum Gasteiger partial charge on any atom is 0.214 e. The van der Waals surface area contributed by atoms with Crippen molar-refractivity contribution in [2.24, 2.45) is 0 Å². The Bertz CT molecular complexity index is 540. The van der Waals surface area contributed by atoms with E-state index in [4.69, 9.17) is 0 Å². The van der Waals surface area contributed by atoms with Crippen LogP contribution in [0.3, 0.4) is 0 Å². The minimum absolute atomic E-state index is 0.200. The van der Waals surface area contributed by atoms with Crippen molar-refractivity contribution in [2.45, 2.75) is 19.9 Å². The van der Waals surface area contributed by atoms with Gasteiger partial charge < -0.3 is 0 Å². The van der Waals surface area contributed by atoms with E-state index in [1.807, 2.05) is 13.0 Å². The fourth-order valence-corrected chi connectivity index (χ4v) is 3.91. The van der Waals surface area contributed by atoms with Crippen LogP contribution < -0.4 is 0 Å². The van der Waals surface area contributed by atoms with Gasteiger partial charge in [0.15, 0.2) is 0 Å². The summed E-state index contributed by atoms with van der Waals surface area (Å²) >= 11 is 0.